The van der Waals surface area contributed by atoms with Crippen molar-refractivity contribution in [3.05, 3.63) is 69.8 Å². The van der Waals surface area contributed by atoms with Crippen LogP contribution in [-0.4, -0.2) is 34.9 Å². The zero-order valence-electron chi connectivity index (χ0n) is 17.4. The highest BCUT2D eigenvalue weighted by Crippen LogP contribution is 2.26. The Balaban J connectivity index is 1.53. The molecule has 154 valence electrons. The second-order valence-electron chi connectivity index (χ2n) is 8.70. The van der Waals surface area contributed by atoms with Gasteiger partial charge in [0.1, 0.15) is 5.69 Å². The highest BCUT2D eigenvalue weighted by molar-refractivity contribution is 5.79. The third-order valence-electron chi connectivity index (χ3n) is 5.48. The van der Waals surface area contributed by atoms with Crippen LogP contribution in [0.4, 0.5) is 11.4 Å². The number of benzene rings is 2. The lowest BCUT2D eigenvalue weighted by atomic mass is 9.86. The summed E-state index contributed by atoms with van der Waals surface area (Å²) in [6.07, 6.45) is 1.97. The summed E-state index contributed by atoms with van der Waals surface area (Å²) in [6.45, 7) is 7.86. The fraction of sp³-hybridized carbons (Fsp3) is 0.435. The molecule has 0 atom stereocenters. The van der Waals surface area contributed by atoms with Gasteiger partial charge >= 0.3 is 0 Å². The fourth-order valence-corrected chi connectivity index (χ4v) is 3.66. The van der Waals surface area contributed by atoms with Crippen molar-refractivity contribution in [3.63, 3.8) is 0 Å². The molecule has 1 saturated heterocycles. The molecule has 0 unspecified atom stereocenters. The number of para-hydroxylation sites is 2. The smallest absolute Gasteiger partial charge is 0.292 e. The summed E-state index contributed by atoms with van der Waals surface area (Å²) in [5.41, 5.74) is 3.02. The number of rotatable bonds is 5. The molecule has 2 aromatic carbocycles. The summed E-state index contributed by atoms with van der Waals surface area (Å²) in [4.78, 5) is 25.4. The second kappa shape index (κ2) is 8.64. The number of piperidine rings is 1. The van der Waals surface area contributed by atoms with E-state index in [-0.39, 0.29) is 28.0 Å². The van der Waals surface area contributed by atoms with Crippen molar-refractivity contribution in [1.29, 1.82) is 0 Å². The lowest BCUT2D eigenvalue weighted by molar-refractivity contribution is -0.384. The van der Waals surface area contributed by atoms with Crippen molar-refractivity contribution < 1.29 is 9.72 Å². The molecule has 1 heterocycles. The number of anilines is 1. The zero-order chi connectivity index (χ0) is 21.0. The van der Waals surface area contributed by atoms with Crippen molar-refractivity contribution in [2.24, 2.45) is 0 Å². The Hall–Kier alpha value is -2.89. The van der Waals surface area contributed by atoms with Gasteiger partial charge in [-0.15, -0.1) is 0 Å². The minimum Gasteiger partial charge on any atom is -0.377 e. The maximum Gasteiger partial charge on any atom is 0.292 e. The number of nitro groups is 1. The molecule has 2 aromatic rings. The number of nitrogens with zero attached hydrogens (tertiary/aromatic N) is 2. The summed E-state index contributed by atoms with van der Waals surface area (Å²) in [5.74, 6) is 0.137. The Bertz CT molecular complexity index is 864. The molecule has 0 bridgehead atoms. The van der Waals surface area contributed by atoms with Crippen LogP contribution in [0.2, 0.25) is 0 Å². The van der Waals surface area contributed by atoms with Crippen LogP contribution in [0.1, 0.15) is 44.7 Å². The van der Waals surface area contributed by atoms with Crippen molar-refractivity contribution in [3.8, 4) is 0 Å². The van der Waals surface area contributed by atoms with Crippen LogP contribution in [0.15, 0.2) is 48.5 Å². The lowest BCUT2D eigenvalue weighted by Crippen LogP contribution is -2.43. The van der Waals surface area contributed by atoms with Crippen LogP contribution < -0.4 is 5.32 Å². The van der Waals surface area contributed by atoms with E-state index in [0.29, 0.717) is 25.2 Å². The van der Waals surface area contributed by atoms with Crippen LogP contribution in [0.5, 0.6) is 0 Å². The third kappa shape index (κ3) is 5.34. The van der Waals surface area contributed by atoms with E-state index in [4.69, 9.17) is 0 Å². The largest absolute Gasteiger partial charge is 0.377 e. The molecule has 0 radical (unpaired) electrons. The van der Waals surface area contributed by atoms with Crippen LogP contribution in [0, 0.1) is 10.1 Å². The van der Waals surface area contributed by atoms with E-state index in [9.17, 15) is 14.9 Å². The van der Waals surface area contributed by atoms with Crippen LogP contribution in [0.3, 0.4) is 0 Å². The molecule has 29 heavy (non-hydrogen) atoms. The minimum atomic E-state index is -0.369. The number of hydrogen-bond donors (Lipinski definition) is 1. The molecule has 1 aliphatic rings. The Kier molecular flexibility index (Phi) is 6.20. The van der Waals surface area contributed by atoms with Gasteiger partial charge in [-0.25, -0.2) is 0 Å². The molecule has 1 amide bonds. The number of hydrogen-bond acceptors (Lipinski definition) is 4. The Morgan fingerprint density at radius 3 is 2.31 bits per heavy atom. The van der Waals surface area contributed by atoms with E-state index < -0.39 is 0 Å². The predicted octanol–water partition coefficient (Wildman–Crippen LogP) is 4.54. The summed E-state index contributed by atoms with van der Waals surface area (Å²) >= 11 is 0. The standard InChI is InChI=1S/C23H29N3O3/c1-23(2,3)18-10-8-17(9-11-18)16-22(27)25-14-12-19(13-15-25)24-20-6-4-5-7-21(20)26(28)29/h4-11,19,24H,12-16H2,1-3H3. The Morgan fingerprint density at radius 1 is 1.10 bits per heavy atom. The van der Waals surface area contributed by atoms with Crippen molar-refractivity contribution in [1.82, 2.24) is 4.90 Å². The average molecular weight is 396 g/mol. The van der Waals surface area contributed by atoms with Gasteiger partial charge in [-0.05, 0) is 35.4 Å². The molecule has 0 aromatic heterocycles. The lowest BCUT2D eigenvalue weighted by Gasteiger charge is -2.33. The average Bonchev–Trinajstić information content (AvgIpc) is 2.68. The van der Waals surface area contributed by atoms with Gasteiger partial charge in [0.15, 0.2) is 0 Å². The van der Waals surface area contributed by atoms with E-state index in [1.165, 1.54) is 11.6 Å². The maximum atomic E-state index is 12.7. The molecular weight excluding hydrogens is 366 g/mol. The first-order valence-corrected chi connectivity index (χ1v) is 10.1. The van der Waals surface area contributed by atoms with Gasteiger partial charge < -0.3 is 10.2 Å². The summed E-state index contributed by atoms with van der Waals surface area (Å²) in [5, 5.41) is 14.4. The van der Waals surface area contributed by atoms with Gasteiger partial charge in [0.2, 0.25) is 5.91 Å². The minimum absolute atomic E-state index is 0.0877. The van der Waals surface area contributed by atoms with Gasteiger partial charge in [0.05, 0.1) is 11.3 Å². The van der Waals surface area contributed by atoms with E-state index in [1.54, 1.807) is 18.2 Å². The monoisotopic (exact) mass is 395 g/mol. The fourth-order valence-electron chi connectivity index (χ4n) is 3.66. The molecule has 0 saturated carbocycles. The summed E-state index contributed by atoms with van der Waals surface area (Å²) in [7, 11) is 0. The number of carbonyl (C=O) groups excluding carboxylic acids is 1. The van der Waals surface area contributed by atoms with Crippen LogP contribution in [0.25, 0.3) is 0 Å². The highest BCUT2D eigenvalue weighted by Gasteiger charge is 2.24. The first-order chi connectivity index (χ1) is 13.7. The topological polar surface area (TPSA) is 75.5 Å². The highest BCUT2D eigenvalue weighted by atomic mass is 16.6. The molecule has 1 fully saturated rings. The first-order valence-electron chi connectivity index (χ1n) is 10.1. The number of likely N-dealkylation sites (tertiary alicyclic amines) is 1. The zero-order valence-corrected chi connectivity index (χ0v) is 17.4. The molecule has 6 nitrogen and oxygen atoms in total. The number of amides is 1. The molecule has 3 rings (SSSR count). The van der Waals surface area contributed by atoms with Crippen molar-refractivity contribution >= 4 is 17.3 Å². The van der Waals surface area contributed by atoms with E-state index in [2.05, 4.69) is 38.2 Å². The molecule has 0 spiro atoms. The van der Waals surface area contributed by atoms with Crippen molar-refractivity contribution in [2.75, 3.05) is 18.4 Å². The summed E-state index contributed by atoms with van der Waals surface area (Å²) < 4.78 is 0. The second-order valence-corrected chi connectivity index (χ2v) is 8.70. The Morgan fingerprint density at radius 2 is 1.72 bits per heavy atom. The summed E-state index contributed by atoms with van der Waals surface area (Å²) in [6, 6.07) is 15.1. The van der Waals surface area contributed by atoms with E-state index in [0.717, 1.165) is 18.4 Å². The molecule has 1 aliphatic heterocycles. The van der Waals surface area contributed by atoms with Gasteiger partial charge in [-0.1, -0.05) is 57.2 Å². The van der Waals surface area contributed by atoms with Gasteiger partial charge in [0, 0.05) is 25.2 Å². The van der Waals surface area contributed by atoms with E-state index >= 15 is 0 Å². The number of carbonyl (C=O) groups is 1. The molecule has 1 N–H and O–H groups in total. The third-order valence-corrected chi connectivity index (χ3v) is 5.48. The van der Waals surface area contributed by atoms with Gasteiger partial charge in [-0.3, -0.25) is 14.9 Å². The molecule has 6 heteroatoms. The van der Waals surface area contributed by atoms with Gasteiger partial charge in [0.25, 0.3) is 5.69 Å². The first kappa shape index (κ1) is 20.8. The molecule has 0 aliphatic carbocycles. The van der Waals surface area contributed by atoms with Crippen LogP contribution >= 0.6 is 0 Å². The number of nitrogens with one attached hydrogen (secondary N) is 1. The SMILES string of the molecule is CC(C)(C)c1ccc(CC(=O)N2CCC(Nc3ccccc3[N+](=O)[O-])CC2)cc1. The quantitative estimate of drug-likeness (QED) is 0.596. The van der Waals surface area contributed by atoms with E-state index in [1.807, 2.05) is 17.0 Å². The molecular formula is C23H29N3O3. The predicted molar refractivity (Wildman–Crippen MR) is 115 cm³/mol. The van der Waals surface area contributed by atoms with Crippen molar-refractivity contribution in [2.45, 2.75) is 51.5 Å². The van der Waals surface area contributed by atoms with Crippen LogP contribution in [-0.2, 0) is 16.6 Å². The number of nitro benzene ring substituents is 1. The Labute approximate surface area is 172 Å². The maximum absolute atomic E-state index is 12.7. The van der Waals surface area contributed by atoms with Gasteiger partial charge in [-0.2, -0.15) is 0 Å². The normalized spacial score (nSPS) is 15.2.